The number of benzene rings is 2. The zero-order valence-corrected chi connectivity index (χ0v) is 16.6. The third-order valence-corrected chi connectivity index (χ3v) is 4.87. The standard InChI is InChI=1S/C20H13F3N4O3S/c1-11-25-14-6-3-7-15(26-18(28)16-9-31-10-24-16)17(14)19(29)27(11)12-4-2-5-13(8-12)30-20(21,22)23/h2-10H,1H3,(H,26,28). The molecule has 11 heteroatoms. The summed E-state index contributed by atoms with van der Waals surface area (Å²) < 4.78 is 42.9. The number of thiazole rings is 1. The Labute approximate surface area is 176 Å². The van der Waals surface area contributed by atoms with E-state index in [0.29, 0.717) is 5.52 Å². The summed E-state index contributed by atoms with van der Waals surface area (Å²) in [4.78, 5) is 34.1. The van der Waals surface area contributed by atoms with E-state index in [1.807, 2.05) is 0 Å². The van der Waals surface area contributed by atoms with Crippen molar-refractivity contribution in [3.8, 4) is 11.4 Å². The molecule has 0 aliphatic rings. The molecule has 2 aromatic heterocycles. The molecular formula is C20H13F3N4O3S. The van der Waals surface area contributed by atoms with Gasteiger partial charge in [0, 0.05) is 11.4 Å². The van der Waals surface area contributed by atoms with Gasteiger partial charge in [-0.15, -0.1) is 24.5 Å². The highest BCUT2D eigenvalue weighted by molar-refractivity contribution is 7.07. The summed E-state index contributed by atoms with van der Waals surface area (Å²) in [7, 11) is 0. The Kier molecular flexibility index (Phi) is 5.19. The van der Waals surface area contributed by atoms with Crippen LogP contribution in [0.2, 0.25) is 0 Å². The van der Waals surface area contributed by atoms with Gasteiger partial charge in [0.1, 0.15) is 17.3 Å². The van der Waals surface area contributed by atoms with Gasteiger partial charge in [0.2, 0.25) is 0 Å². The minimum atomic E-state index is -4.87. The Bertz CT molecular complexity index is 1330. The normalized spacial score (nSPS) is 11.5. The van der Waals surface area contributed by atoms with Gasteiger partial charge >= 0.3 is 6.36 Å². The van der Waals surface area contributed by atoms with Gasteiger partial charge in [0.15, 0.2) is 0 Å². The van der Waals surface area contributed by atoms with Gasteiger partial charge in [0.05, 0.1) is 27.8 Å². The first-order chi connectivity index (χ1) is 14.7. The second-order valence-electron chi connectivity index (χ2n) is 6.37. The molecule has 0 saturated carbocycles. The van der Waals surface area contributed by atoms with Crippen molar-refractivity contribution in [3.05, 3.63) is 75.2 Å². The van der Waals surface area contributed by atoms with E-state index >= 15 is 0 Å². The van der Waals surface area contributed by atoms with Crippen LogP contribution in [0.1, 0.15) is 16.3 Å². The second kappa shape index (κ2) is 7.84. The molecule has 31 heavy (non-hydrogen) atoms. The summed E-state index contributed by atoms with van der Waals surface area (Å²) in [6.07, 6.45) is -4.87. The lowest BCUT2D eigenvalue weighted by atomic mass is 10.2. The summed E-state index contributed by atoms with van der Waals surface area (Å²) in [5.41, 5.74) is 1.83. The van der Waals surface area contributed by atoms with Crippen molar-refractivity contribution >= 4 is 33.8 Å². The number of alkyl halides is 3. The van der Waals surface area contributed by atoms with Crippen LogP contribution >= 0.6 is 11.3 Å². The largest absolute Gasteiger partial charge is 0.573 e. The van der Waals surface area contributed by atoms with Gasteiger partial charge in [-0.3, -0.25) is 14.2 Å². The number of fused-ring (bicyclic) bond motifs is 1. The van der Waals surface area contributed by atoms with Crippen molar-refractivity contribution < 1.29 is 22.7 Å². The molecule has 4 aromatic rings. The lowest BCUT2D eigenvalue weighted by Gasteiger charge is -2.15. The number of halogens is 3. The molecule has 4 rings (SSSR count). The van der Waals surface area contributed by atoms with E-state index in [1.165, 1.54) is 29.0 Å². The molecule has 0 saturated heterocycles. The van der Waals surface area contributed by atoms with Crippen molar-refractivity contribution in [2.75, 3.05) is 5.32 Å². The average Bonchev–Trinajstić information content (AvgIpc) is 3.22. The van der Waals surface area contributed by atoms with Gasteiger partial charge < -0.3 is 10.1 Å². The number of amides is 1. The van der Waals surface area contributed by atoms with Crippen molar-refractivity contribution in [3.63, 3.8) is 0 Å². The van der Waals surface area contributed by atoms with Gasteiger partial charge in [-0.05, 0) is 31.2 Å². The maximum atomic E-state index is 13.3. The highest BCUT2D eigenvalue weighted by atomic mass is 32.1. The Morgan fingerprint density at radius 1 is 1.19 bits per heavy atom. The fraction of sp³-hybridized carbons (Fsp3) is 0.100. The molecule has 0 atom stereocenters. The van der Waals surface area contributed by atoms with Gasteiger partial charge in [-0.1, -0.05) is 12.1 Å². The van der Waals surface area contributed by atoms with Crippen molar-refractivity contribution in [1.82, 2.24) is 14.5 Å². The molecule has 2 heterocycles. The quantitative estimate of drug-likeness (QED) is 0.505. The van der Waals surface area contributed by atoms with Crippen LogP contribution in [0.5, 0.6) is 5.75 Å². The highest BCUT2D eigenvalue weighted by Crippen LogP contribution is 2.26. The average molecular weight is 446 g/mol. The Morgan fingerprint density at radius 3 is 2.68 bits per heavy atom. The first-order valence-corrected chi connectivity index (χ1v) is 9.75. The number of anilines is 1. The van der Waals surface area contributed by atoms with Crippen LogP contribution in [0.3, 0.4) is 0 Å². The molecule has 0 bridgehead atoms. The van der Waals surface area contributed by atoms with Crippen LogP contribution in [0, 0.1) is 6.92 Å². The van der Waals surface area contributed by atoms with Crippen molar-refractivity contribution in [1.29, 1.82) is 0 Å². The molecule has 7 nitrogen and oxygen atoms in total. The molecule has 0 aliphatic heterocycles. The summed E-state index contributed by atoms with van der Waals surface area (Å²) in [5, 5.41) is 4.32. The lowest BCUT2D eigenvalue weighted by molar-refractivity contribution is -0.274. The fourth-order valence-corrected chi connectivity index (χ4v) is 3.61. The van der Waals surface area contributed by atoms with Crippen LogP contribution in [-0.2, 0) is 0 Å². The summed E-state index contributed by atoms with van der Waals surface area (Å²) >= 11 is 1.25. The Morgan fingerprint density at radius 2 is 1.97 bits per heavy atom. The number of aromatic nitrogens is 3. The van der Waals surface area contributed by atoms with Gasteiger partial charge in [-0.25, -0.2) is 9.97 Å². The number of nitrogens with zero attached hydrogens (tertiary/aromatic N) is 3. The molecule has 0 spiro atoms. The number of carbonyl (C=O) groups is 1. The van der Waals surface area contributed by atoms with Crippen LogP contribution < -0.4 is 15.6 Å². The first kappa shape index (κ1) is 20.5. The number of hydrogen-bond acceptors (Lipinski definition) is 6. The van der Waals surface area contributed by atoms with Gasteiger partial charge in [-0.2, -0.15) is 0 Å². The van der Waals surface area contributed by atoms with E-state index in [4.69, 9.17) is 0 Å². The third kappa shape index (κ3) is 4.26. The molecule has 1 amide bonds. The van der Waals surface area contributed by atoms with E-state index in [0.717, 1.165) is 16.7 Å². The number of ether oxygens (including phenoxy) is 1. The second-order valence-corrected chi connectivity index (χ2v) is 7.09. The third-order valence-electron chi connectivity index (χ3n) is 4.29. The zero-order valence-electron chi connectivity index (χ0n) is 15.8. The molecule has 0 unspecified atom stereocenters. The number of nitrogens with one attached hydrogen (secondary N) is 1. The van der Waals surface area contributed by atoms with Crippen molar-refractivity contribution in [2.45, 2.75) is 13.3 Å². The van der Waals surface area contributed by atoms with E-state index in [9.17, 15) is 22.8 Å². The number of aryl methyl sites for hydroxylation is 1. The topological polar surface area (TPSA) is 86.1 Å². The predicted molar refractivity (Wildman–Crippen MR) is 109 cm³/mol. The molecule has 2 aromatic carbocycles. The lowest BCUT2D eigenvalue weighted by Crippen LogP contribution is -2.24. The number of carbonyl (C=O) groups excluding carboxylic acids is 1. The summed E-state index contributed by atoms with van der Waals surface area (Å²) in [6, 6.07) is 9.79. The Hall–Kier alpha value is -3.73. The van der Waals surface area contributed by atoms with Crippen LogP contribution in [-0.4, -0.2) is 26.8 Å². The molecule has 158 valence electrons. The predicted octanol–water partition coefficient (Wildman–Crippen LogP) is 4.30. The monoisotopic (exact) mass is 446 g/mol. The van der Waals surface area contributed by atoms with Crippen molar-refractivity contribution in [2.24, 2.45) is 0 Å². The Balaban J connectivity index is 1.84. The maximum absolute atomic E-state index is 13.3. The SMILES string of the molecule is Cc1nc2cccc(NC(=O)c3cscn3)c2c(=O)n1-c1cccc(OC(F)(F)F)c1. The van der Waals surface area contributed by atoms with Crippen LogP contribution in [0.25, 0.3) is 16.6 Å². The van der Waals surface area contributed by atoms with E-state index < -0.39 is 23.6 Å². The molecular weight excluding hydrogens is 433 g/mol. The highest BCUT2D eigenvalue weighted by Gasteiger charge is 2.31. The minimum Gasteiger partial charge on any atom is -0.406 e. The van der Waals surface area contributed by atoms with E-state index in [-0.39, 0.29) is 28.3 Å². The summed E-state index contributed by atoms with van der Waals surface area (Å²) in [5.74, 6) is -0.716. The number of rotatable bonds is 4. The maximum Gasteiger partial charge on any atom is 0.573 e. The molecule has 1 N–H and O–H groups in total. The fourth-order valence-electron chi connectivity index (χ4n) is 3.08. The van der Waals surface area contributed by atoms with E-state index in [1.54, 1.807) is 30.5 Å². The molecule has 0 fully saturated rings. The minimum absolute atomic E-state index is 0.110. The number of hydrogen-bond donors (Lipinski definition) is 1. The first-order valence-electron chi connectivity index (χ1n) is 8.81. The molecule has 0 aliphatic carbocycles. The van der Waals surface area contributed by atoms with E-state index in [2.05, 4.69) is 20.0 Å². The summed E-state index contributed by atoms with van der Waals surface area (Å²) in [6.45, 7) is 1.55. The smallest absolute Gasteiger partial charge is 0.406 e. The van der Waals surface area contributed by atoms with Crippen LogP contribution in [0.15, 0.2) is 58.1 Å². The van der Waals surface area contributed by atoms with Gasteiger partial charge in [0.25, 0.3) is 11.5 Å². The zero-order chi connectivity index (χ0) is 22.2. The van der Waals surface area contributed by atoms with Crippen LogP contribution in [0.4, 0.5) is 18.9 Å². The molecule has 0 radical (unpaired) electrons.